The quantitative estimate of drug-likeness (QED) is 0.789. The summed E-state index contributed by atoms with van der Waals surface area (Å²) in [6.07, 6.45) is -0.476. The molecule has 0 spiro atoms. The Kier molecular flexibility index (Phi) is 3.60. The molecule has 1 amide bonds. The Bertz CT molecular complexity index is 692. The van der Waals surface area contributed by atoms with Crippen molar-refractivity contribution in [3.05, 3.63) is 59.6 Å². The summed E-state index contributed by atoms with van der Waals surface area (Å²) >= 11 is 1.53. The van der Waals surface area contributed by atoms with E-state index in [-0.39, 0.29) is 6.61 Å². The molecule has 0 saturated heterocycles. The van der Waals surface area contributed by atoms with Gasteiger partial charge in [0.1, 0.15) is 11.6 Å². The van der Waals surface area contributed by atoms with Crippen LogP contribution in [0.2, 0.25) is 0 Å². The van der Waals surface area contributed by atoms with Crippen molar-refractivity contribution in [1.82, 2.24) is 4.98 Å². The number of hydrogen-bond donors (Lipinski definition) is 1. The van der Waals surface area contributed by atoms with Crippen LogP contribution in [0.25, 0.3) is 10.2 Å². The zero-order valence-electron chi connectivity index (χ0n) is 10.6. The first kappa shape index (κ1) is 12.6. The van der Waals surface area contributed by atoms with Gasteiger partial charge in [-0.25, -0.2) is 9.78 Å². The van der Waals surface area contributed by atoms with Crippen molar-refractivity contribution in [2.45, 2.75) is 6.61 Å². The van der Waals surface area contributed by atoms with E-state index in [4.69, 9.17) is 4.74 Å². The third kappa shape index (κ3) is 2.95. The van der Waals surface area contributed by atoms with Gasteiger partial charge in [0, 0.05) is 5.69 Å². The van der Waals surface area contributed by atoms with Gasteiger partial charge in [-0.2, -0.15) is 0 Å². The summed E-state index contributed by atoms with van der Waals surface area (Å²) in [5.41, 5.74) is 1.64. The van der Waals surface area contributed by atoms with E-state index in [1.54, 1.807) is 12.1 Å². The maximum absolute atomic E-state index is 11.6. The van der Waals surface area contributed by atoms with Crippen molar-refractivity contribution in [3.8, 4) is 0 Å². The number of carbonyl (C=O) groups is 1. The first-order chi connectivity index (χ1) is 9.81. The third-order valence-electron chi connectivity index (χ3n) is 2.69. The lowest BCUT2D eigenvalue weighted by Crippen LogP contribution is -2.13. The molecule has 3 aromatic rings. The number of benzene rings is 2. The van der Waals surface area contributed by atoms with Crippen LogP contribution in [-0.4, -0.2) is 11.1 Å². The van der Waals surface area contributed by atoms with Gasteiger partial charge in [-0.3, -0.25) is 5.32 Å². The summed E-state index contributed by atoms with van der Waals surface area (Å²) in [4.78, 5) is 16.0. The summed E-state index contributed by atoms with van der Waals surface area (Å²) in [5, 5.41) is 3.45. The molecule has 100 valence electrons. The van der Waals surface area contributed by atoms with Crippen LogP contribution < -0.4 is 5.32 Å². The number of para-hydroxylation sites is 2. The second kappa shape index (κ2) is 5.71. The molecule has 3 rings (SSSR count). The second-order valence-electron chi connectivity index (χ2n) is 4.14. The van der Waals surface area contributed by atoms with E-state index in [2.05, 4.69) is 10.3 Å². The lowest BCUT2D eigenvalue weighted by molar-refractivity contribution is 0.155. The van der Waals surface area contributed by atoms with Crippen molar-refractivity contribution in [3.63, 3.8) is 0 Å². The summed E-state index contributed by atoms with van der Waals surface area (Å²) in [6, 6.07) is 17.0. The normalized spacial score (nSPS) is 10.4. The minimum atomic E-state index is -0.476. The molecule has 0 bridgehead atoms. The molecule has 0 atom stereocenters. The van der Waals surface area contributed by atoms with Gasteiger partial charge in [-0.05, 0) is 24.3 Å². The fraction of sp³-hybridized carbons (Fsp3) is 0.0667. The minimum Gasteiger partial charge on any atom is -0.442 e. The molecule has 4 nitrogen and oxygen atoms in total. The highest BCUT2D eigenvalue weighted by Gasteiger charge is 2.07. The molecule has 0 unspecified atom stereocenters. The van der Waals surface area contributed by atoms with E-state index in [9.17, 15) is 4.79 Å². The van der Waals surface area contributed by atoms with Crippen LogP contribution in [0.15, 0.2) is 54.6 Å². The number of thiazole rings is 1. The van der Waals surface area contributed by atoms with Crippen LogP contribution >= 0.6 is 11.3 Å². The molecule has 0 fully saturated rings. The molecule has 0 aliphatic rings. The van der Waals surface area contributed by atoms with Gasteiger partial charge in [0.25, 0.3) is 0 Å². The van der Waals surface area contributed by atoms with Crippen LogP contribution in [0.4, 0.5) is 10.5 Å². The van der Waals surface area contributed by atoms with Crippen molar-refractivity contribution < 1.29 is 9.53 Å². The van der Waals surface area contributed by atoms with Crippen LogP contribution in [0.3, 0.4) is 0 Å². The SMILES string of the molecule is O=C(Nc1ccccc1)OCc1nc2ccccc2s1. The van der Waals surface area contributed by atoms with E-state index in [1.807, 2.05) is 42.5 Å². The Morgan fingerprint density at radius 3 is 2.65 bits per heavy atom. The highest BCUT2D eigenvalue weighted by Crippen LogP contribution is 2.22. The van der Waals surface area contributed by atoms with Gasteiger partial charge < -0.3 is 4.74 Å². The van der Waals surface area contributed by atoms with E-state index in [0.717, 1.165) is 15.2 Å². The number of nitrogens with one attached hydrogen (secondary N) is 1. The second-order valence-corrected chi connectivity index (χ2v) is 5.26. The number of aromatic nitrogens is 1. The van der Waals surface area contributed by atoms with Crippen LogP contribution in [0.5, 0.6) is 0 Å². The number of amides is 1. The molecule has 2 aromatic carbocycles. The molecule has 0 aliphatic heterocycles. The van der Waals surface area contributed by atoms with Gasteiger partial charge in [-0.15, -0.1) is 11.3 Å². The number of rotatable bonds is 3. The summed E-state index contributed by atoms with van der Waals surface area (Å²) in [7, 11) is 0. The van der Waals surface area contributed by atoms with Crippen LogP contribution in [-0.2, 0) is 11.3 Å². The summed E-state index contributed by atoms with van der Waals surface area (Å²) < 4.78 is 6.25. The van der Waals surface area contributed by atoms with E-state index >= 15 is 0 Å². The van der Waals surface area contributed by atoms with E-state index in [1.165, 1.54) is 11.3 Å². The fourth-order valence-electron chi connectivity index (χ4n) is 1.78. The topological polar surface area (TPSA) is 51.2 Å². The molecule has 0 radical (unpaired) electrons. The minimum absolute atomic E-state index is 0.179. The van der Waals surface area contributed by atoms with Gasteiger partial charge in [0.15, 0.2) is 0 Å². The standard InChI is InChI=1S/C15H12N2O2S/c18-15(16-11-6-2-1-3-7-11)19-10-14-17-12-8-4-5-9-13(12)20-14/h1-9H,10H2,(H,16,18). The molecule has 1 aromatic heterocycles. The van der Waals surface area contributed by atoms with Gasteiger partial charge in [0.2, 0.25) is 0 Å². The maximum atomic E-state index is 11.6. The number of hydrogen-bond acceptors (Lipinski definition) is 4. The average molecular weight is 284 g/mol. The molecular formula is C15H12N2O2S. The van der Waals surface area contributed by atoms with E-state index < -0.39 is 6.09 Å². The Morgan fingerprint density at radius 1 is 1.10 bits per heavy atom. The Balaban J connectivity index is 1.60. The van der Waals surface area contributed by atoms with Crippen LogP contribution in [0.1, 0.15) is 5.01 Å². The number of fused-ring (bicyclic) bond motifs is 1. The monoisotopic (exact) mass is 284 g/mol. The first-order valence-corrected chi connectivity index (χ1v) is 6.96. The molecule has 1 heterocycles. The van der Waals surface area contributed by atoms with Gasteiger partial charge in [0.05, 0.1) is 10.2 Å². The zero-order valence-corrected chi connectivity index (χ0v) is 11.4. The van der Waals surface area contributed by atoms with E-state index in [0.29, 0.717) is 5.69 Å². The van der Waals surface area contributed by atoms with Crippen molar-refractivity contribution >= 4 is 33.3 Å². The molecule has 0 aliphatic carbocycles. The lowest BCUT2D eigenvalue weighted by atomic mass is 10.3. The summed E-state index contributed by atoms with van der Waals surface area (Å²) in [6.45, 7) is 0.179. The molecule has 5 heteroatoms. The molecule has 1 N–H and O–H groups in total. The first-order valence-electron chi connectivity index (χ1n) is 6.14. The zero-order chi connectivity index (χ0) is 13.8. The van der Waals surface area contributed by atoms with Crippen molar-refractivity contribution in [2.24, 2.45) is 0 Å². The van der Waals surface area contributed by atoms with Gasteiger partial charge in [-0.1, -0.05) is 30.3 Å². The van der Waals surface area contributed by atoms with Crippen molar-refractivity contribution in [2.75, 3.05) is 5.32 Å². The van der Waals surface area contributed by atoms with Gasteiger partial charge >= 0.3 is 6.09 Å². The van der Waals surface area contributed by atoms with Crippen molar-refractivity contribution in [1.29, 1.82) is 0 Å². The number of ether oxygens (including phenoxy) is 1. The number of carbonyl (C=O) groups excluding carboxylic acids is 1. The highest BCUT2D eigenvalue weighted by atomic mass is 32.1. The summed E-state index contributed by atoms with van der Waals surface area (Å²) in [5.74, 6) is 0. The molecule has 0 saturated carbocycles. The maximum Gasteiger partial charge on any atom is 0.412 e. The third-order valence-corrected chi connectivity index (χ3v) is 3.70. The highest BCUT2D eigenvalue weighted by molar-refractivity contribution is 7.18. The smallest absolute Gasteiger partial charge is 0.412 e. The fourth-order valence-corrected chi connectivity index (χ4v) is 2.66. The Labute approximate surface area is 120 Å². The largest absolute Gasteiger partial charge is 0.442 e. The Morgan fingerprint density at radius 2 is 1.85 bits per heavy atom. The van der Waals surface area contributed by atoms with Crippen LogP contribution in [0, 0.1) is 0 Å². The molecule has 20 heavy (non-hydrogen) atoms. The average Bonchev–Trinajstić information content (AvgIpc) is 2.89. The number of anilines is 1. The lowest BCUT2D eigenvalue weighted by Gasteiger charge is -2.04. The number of nitrogens with zero attached hydrogens (tertiary/aromatic N) is 1. The Hall–Kier alpha value is -2.40. The predicted octanol–water partition coefficient (Wildman–Crippen LogP) is 4.05. The molecular weight excluding hydrogens is 272 g/mol. The predicted molar refractivity (Wildman–Crippen MR) is 79.9 cm³/mol.